The predicted octanol–water partition coefficient (Wildman–Crippen LogP) is 4.42. The van der Waals surface area contributed by atoms with E-state index >= 15 is 4.79 Å². The summed E-state index contributed by atoms with van der Waals surface area (Å²) in [5.41, 5.74) is -4.99. The van der Waals surface area contributed by atoms with Gasteiger partial charge >= 0.3 is 18.0 Å². The molecule has 27 unspecified atom stereocenters. The van der Waals surface area contributed by atoms with Crippen molar-refractivity contribution in [2.24, 2.45) is 40.9 Å². The average Bonchev–Trinajstić information content (AvgIpc) is 1.43. The molecule has 9 aliphatic rings. The van der Waals surface area contributed by atoms with Crippen molar-refractivity contribution in [2.75, 3.05) is 7.11 Å². The van der Waals surface area contributed by atoms with Crippen LogP contribution in [0.1, 0.15) is 121 Å². The first-order valence-electron chi connectivity index (χ1n) is 30.0. The molecule has 27 atom stereocenters. The maximum absolute atomic E-state index is 15.5. The Morgan fingerprint density at radius 1 is 0.779 bits per heavy atom. The minimum absolute atomic E-state index is 0.0115. The number of aliphatic hydroxyl groups is 5. The van der Waals surface area contributed by atoms with Crippen molar-refractivity contribution in [3.8, 4) is 0 Å². The Labute approximate surface area is 499 Å². The number of esters is 2. The number of amides is 1. The van der Waals surface area contributed by atoms with Crippen LogP contribution in [0.15, 0.2) is 58.4 Å². The number of ketones is 1. The highest BCUT2D eigenvalue weighted by atomic mass is 16.7. The van der Waals surface area contributed by atoms with Crippen molar-refractivity contribution in [3.05, 3.63) is 68.5 Å². The molecule has 25 nitrogen and oxygen atoms in total. The molecule has 5 aliphatic heterocycles. The minimum Gasteiger partial charge on any atom is -0.511 e. The van der Waals surface area contributed by atoms with Crippen LogP contribution in [0.5, 0.6) is 0 Å². The lowest BCUT2D eigenvalue weighted by Gasteiger charge is -2.56. The van der Waals surface area contributed by atoms with Gasteiger partial charge in [-0.15, -0.1) is 0 Å². The number of methoxy groups -OCH3 is 1. The monoisotopic (exact) mass is 1210 g/mol. The van der Waals surface area contributed by atoms with E-state index in [1.807, 2.05) is 45.9 Å². The van der Waals surface area contributed by atoms with Gasteiger partial charge in [0.2, 0.25) is 11.3 Å². The van der Waals surface area contributed by atoms with E-state index in [4.69, 9.17) is 52.1 Å². The lowest BCUT2D eigenvalue weighted by Crippen LogP contribution is -2.65. The van der Waals surface area contributed by atoms with Crippen LogP contribution in [0.3, 0.4) is 0 Å². The standard InChI is InChI=1S/C61H86N2O23/c1-26-13-16-42(82-47-24-59(10,63(74)75)54(33(8)80-47)62-58(73)76-12)27(2)18-38-39(66)19-35(25-64)23-61(38)56(71)48(57(72)86-61)55(70)60(11)37(26)15-14-36-49(60)28(3)17-29(4)51(36)84-46-22-43(53(32(7)79-46)81-34(9)65)83-44-21-41(68)52(31(6)78-44)85-45-20-40(67)50(69)30(5)77-45/h13-15,18-19,25,28-33,36-47,49-54,66-70H,16-17,20-24H2,1-12H3,(H,62,73)/b26-13+,27-18+,55-48+. The molecule has 5 saturated heterocycles. The van der Waals surface area contributed by atoms with E-state index in [2.05, 4.69) is 5.32 Å². The van der Waals surface area contributed by atoms with Crippen LogP contribution in [0.25, 0.3) is 0 Å². The molecular weight excluding hydrogens is 1130 g/mol. The van der Waals surface area contributed by atoms with Gasteiger partial charge in [-0.05, 0) is 89.4 Å². The molecule has 6 N–H and O–H groups in total. The molecule has 0 aromatic rings. The van der Waals surface area contributed by atoms with E-state index in [0.29, 0.717) is 23.9 Å². The van der Waals surface area contributed by atoms with Crippen LogP contribution >= 0.6 is 0 Å². The largest absolute Gasteiger partial charge is 0.511 e. The molecule has 25 heteroatoms. The van der Waals surface area contributed by atoms with E-state index in [0.717, 1.165) is 7.11 Å². The van der Waals surface area contributed by atoms with E-state index in [9.17, 15) is 54.8 Å². The second-order valence-electron chi connectivity index (χ2n) is 25.8. The number of fused-ring (bicyclic) bond motifs is 4. The number of allylic oxidation sites excluding steroid dienone is 3. The van der Waals surface area contributed by atoms with Crippen LogP contribution in [-0.2, 0) is 71.3 Å². The number of hydrogen-bond donors (Lipinski definition) is 6. The van der Waals surface area contributed by atoms with Gasteiger partial charge in [-0.25, -0.2) is 9.59 Å². The lowest BCUT2D eigenvalue weighted by molar-refractivity contribution is -0.584. The Hall–Kier alpha value is -5.03. The van der Waals surface area contributed by atoms with Crippen molar-refractivity contribution >= 4 is 30.1 Å². The summed E-state index contributed by atoms with van der Waals surface area (Å²) in [6.45, 7) is 18.7. The SMILES string of the molecule is COC(=O)NC1C(C)OC(OC2C/C=C(\C)C3C=CC4C(OC5CC(OC6CC(O)C(OC7CC(O)C(O)C(C)O7)C(C)O6)C(OC(C)=O)C(C)O5)C(C)CC(C)C4C3(C)/C(O)=C3\C(=O)OC4(CC(C=O)=CC(O)C4/C=C/2C)C3=O)CC1(C)[N+](=O)[O-]. The van der Waals surface area contributed by atoms with Crippen molar-refractivity contribution in [2.45, 2.75) is 243 Å². The fourth-order valence-corrected chi connectivity index (χ4v) is 15.6. The first-order chi connectivity index (χ1) is 40.4. The summed E-state index contributed by atoms with van der Waals surface area (Å²) in [4.78, 5) is 80.1. The number of rotatable bonds is 12. The molecule has 478 valence electrons. The fraction of sp³-hybridized carbons (Fsp3) is 0.754. The van der Waals surface area contributed by atoms with E-state index in [1.54, 1.807) is 40.7 Å². The Balaban J connectivity index is 1.04. The summed E-state index contributed by atoms with van der Waals surface area (Å²) in [6, 6.07) is -1.13. The van der Waals surface area contributed by atoms with Crippen LogP contribution in [0, 0.1) is 51.0 Å². The quantitative estimate of drug-likeness (QED) is 0.0299. The highest BCUT2D eigenvalue weighted by Gasteiger charge is 2.65. The molecule has 9 rings (SSSR count). The van der Waals surface area contributed by atoms with Gasteiger partial charge in [-0.1, -0.05) is 50.6 Å². The Kier molecular flexibility index (Phi) is 19.4. The smallest absolute Gasteiger partial charge is 0.407 e. The predicted molar refractivity (Wildman–Crippen MR) is 298 cm³/mol. The van der Waals surface area contributed by atoms with Gasteiger partial charge < -0.3 is 83.0 Å². The van der Waals surface area contributed by atoms with Crippen LogP contribution < -0.4 is 5.32 Å². The van der Waals surface area contributed by atoms with Crippen molar-refractivity contribution in [1.29, 1.82) is 0 Å². The van der Waals surface area contributed by atoms with Crippen molar-refractivity contribution in [3.63, 3.8) is 0 Å². The molecule has 6 fully saturated rings. The zero-order valence-electron chi connectivity index (χ0n) is 50.8. The summed E-state index contributed by atoms with van der Waals surface area (Å²) >= 11 is 0. The van der Waals surface area contributed by atoms with Gasteiger partial charge in [0, 0.05) is 61.7 Å². The van der Waals surface area contributed by atoms with Crippen LogP contribution in [0.4, 0.5) is 4.79 Å². The van der Waals surface area contributed by atoms with Crippen LogP contribution in [0.2, 0.25) is 0 Å². The highest BCUT2D eigenvalue weighted by molar-refractivity contribution is 6.26. The summed E-state index contributed by atoms with van der Waals surface area (Å²) in [5, 5.41) is 72.5. The number of carbonyl (C=O) groups excluding carboxylic acids is 5. The zero-order valence-corrected chi connectivity index (χ0v) is 50.8. The number of alkyl carbamates (subject to hydrolysis) is 1. The first-order valence-corrected chi connectivity index (χ1v) is 30.0. The number of nitrogens with zero attached hydrogens (tertiary/aromatic N) is 1. The number of carbonyl (C=O) groups is 5. The summed E-state index contributed by atoms with van der Waals surface area (Å²) in [6.07, 6.45) is -8.43. The van der Waals surface area contributed by atoms with Gasteiger partial charge in [0.05, 0.1) is 74.4 Å². The highest BCUT2D eigenvalue weighted by Crippen LogP contribution is 2.61. The molecule has 0 aromatic heterocycles. The Morgan fingerprint density at radius 3 is 2.05 bits per heavy atom. The molecule has 5 heterocycles. The third-order valence-electron chi connectivity index (χ3n) is 19.9. The Morgan fingerprint density at radius 2 is 1.41 bits per heavy atom. The van der Waals surface area contributed by atoms with Gasteiger partial charge in [0.25, 0.3) is 0 Å². The molecule has 0 radical (unpaired) electrons. The molecule has 4 aliphatic carbocycles. The summed E-state index contributed by atoms with van der Waals surface area (Å²) in [5.74, 6) is -6.68. The molecule has 1 amide bonds. The van der Waals surface area contributed by atoms with E-state index in [-0.39, 0.29) is 49.5 Å². The maximum atomic E-state index is 15.5. The third-order valence-corrected chi connectivity index (χ3v) is 19.9. The van der Waals surface area contributed by atoms with Crippen molar-refractivity contribution < 1.29 is 107 Å². The minimum atomic E-state index is -2.21. The second-order valence-corrected chi connectivity index (χ2v) is 25.8. The molecular formula is C61H86N2O23. The number of nitro groups is 1. The van der Waals surface area contributed by atoms with Gasteiger partial charge in [-0.3, -0.25) is 24.5 Å². The zero-order chi connectivity index (χ0) is 62.8. The molecule has 2 bridgehead atoms. The lowest BCUT2D eigenvalue weighted by atomic mass is 9.49. The number of aldehydes is 1. The number of nitrogens with one attached hydrogen (secondary N) is 1. The molecule has 0 aromatic carbocycles. The normalized spacial score (nSPS) is 48.3. The van der Waals surface area contributed by atoms with Crippen molar-refractivity contribution in [1.82, 2.24) is 5.32 Å². The van der Waals surface area contributed by atoms with Gasteiger partial charge in [0.1, 0.15) is 42.0 Å². The molecule has 86 heavy (non-hydrogen) atoms. The third kappa shape index (κ3) is 12.2. The molecule has 1 spiro atoms. The van der Waals surface area contributed by atoms with E-state index < -0.39 is 197 Å². The average molecular weight is 1220 g/mol. The molecule has 1 saturated carbocycles. The topological polar surface area (TPSA) is 343 Å². The Bertz CT molecular complexity index is 2740. The summed E-state index contributed by atoms with van der Waals surface area (Å²) in [7, 11) is 1.14. The fourth-order valence-electron chi connectivity index (χ4n) is 15.6. The number of ether oxygens (including phenoxy) is 11. The van der Waals surface area contributed by atoms with E-state index in [1.165, 1.54) is 19.9 Å². The maximum Gasteiger partial charge on any atom is 0.407 e. The summed E-state index contributed by atoms with van der Waals surface area (Å²) < 4.78 is 68.0. The van der Waals surface area contributed by atoms with Gasteiger partial charge in [-0.2, -0.15) is 0 Å². The van der Waals surface area contributed by atoms with Crippen LogP contribution in [-0.4, -0.2) is 189 Å². The number of aliphatic hydroxyl groups excluding tert-OH is 5. The first kappa shape index (κ1) is 65.4. The van der Waals surface area contributed by atoms with Gasteiger partial charge in [0.15, 0.2) is 36.9 Å². The second kappa shape index (κ2) is 25.5. The number of Topliss-reactive ketones (excluding diaryl/α,β-unsaturated/α-hetero) is 1. The number of hydrogen-bond acceptors (Lipinski definition) is 23.